The van der Waals surface area contributed by atoms with Gasteiger partial charge in [-0.25, -0.2) is 26.3 Å². The molecule has 0 amide bonds. The molecule has 4 nitrogen and oxygen atoms in total. The number of pyridine rings is 1. The third-order valence-electron chi connectivity index (χ3n) is 6.32. The SMILES string of the molecule is CS(=O)(=O)N[C@@H]1C[C@@H]2CC(F)(F)CC[C@H]2[C@@H]1/C=C/c1ccc(-c2cccc(F)c2)cn1. The minimum Gasteiger partial charge on any atom is -0.256 e. The zero-order chi connectivity index (χ0) is 22.2. The van der Waals surface area contributed by atoms with Gasteiger partial charge in [0.15, 0.2) is 0 Å². The van der Waals surface area contributed by atoms with E-state index in [1.165, 1.54) is 12.1 Å². The molecule has 1 N–H and O–H groups in total. The average molecular weight is 451 g/mol. The van der Waals surface area contributed by atoms with Crippen LogP contribution < -0.4 is 4.72 Å². The standard InChI is InChI=1S/C23H25F3N2O2S/c1-31(29,30)28-22-12-17-13-23(25,26)10-9-20(17)21(22)8-7-19-6-5-16(14-27-19)15-3-2-4-18(24)11-15/h2-8,11,14,17,20-22,28H,9-10,12-13H2,1H3/b8-7+/t17-,20-,21+,22-/m1/s1. The number of nitrogens with zero attached hydrogens (tertiary/aromatic N) is 1. The fourth-order valence-corrected chi connectivity index (χ4v) is 5.83. The maximum absolute atomic E-state index is 13.9. The fourth-order valence-electron chi connectivity index (χ4n) is 5.03. The van der Waals surface area contributed by atoms with E-state index in [-0.39, 0.29) is 36.4 Å². The molecule has 8 heteroatoms. The third kappa shape index (κ3) is 5.36. The van der Waals surface area contributed by atoms with Gasteiger partial charge in [0, 0.05) is 30.6 Å². The van der Waals surface area contributed by atoms with Gasteiger partial charge in [-0.3, -0.25) is 4.98 Å². The summed E-state index contributed by atoms with van der Waals surface area (Å²) in [7, 11) is -3.45. The smallest absolute Gasteiger partial charge is 0.248 e. The Morgan fingerprint density at radius 1 is 1.19 bits per heavy atom. The Labute approximate surface area is 180 Å². The van der Waals surface area contributed by atoms with Gasteiger partial charge in [-0.2, -0.15) is 0 Å². The van der Waals surface area contributed by atoms with Gasteiger partial charge in [0.25, 0.3) is 0 Å². The molecule has 1 heterocycles. The van der Waals surface area contributed by atoms with E-state index in [0.29, 0.717) is 18.5 Å². The molecule has 2 aliphatic rings. The number of hydrogen-bond acceptors (Lipinski definition) is 3. The number of fused-ring (bicyclic) bond motifs is 1. The summed E-state index contributed by atoms with van der Waals surface area (Å²) in [5, 5.41) is 0. The number of rotatable bonds is 5. The van der Waals surface area contributed by atoms with Crippen molar-refractivity contribution in [1.82, 2.24) is 9.71 Å². The van der Waals surface area contributed by atoms with Crippen molar-refractivity contribution in [2.75, 3.05) is 6.26 Å². The van der Waals surface area contributed by atoms with Gasteiger partial charge in [0.1, 0.15) is 5.82 Å². The summed E-state index contributed by atoms with van der Waals surface area (Å²) in [6.07, 6.45) is 6.90. The van der Waals surface area contributed by atoms with E-state index in [9.17, 15) is 21.6 Å². The zero-order valence-electron chi connectivity index (χ0n) is 17.1. The summed E-state index contributed by atoms with van der Waals surface area (Å²) in [6.45, 7) is 0. The first-order chi connectivity index (χ1) is 14.6. The number of hydrogen-bond donors (Lipinski definition) is 1. The number of aromatic nitrogens is 1. The number of nitrogens with one attached hydrogen (secondary N) is 1. The number of alkyl halides is 2. The van der Waals surface area contributed by atoms with Crippen molar-refractivity contribution in [1.29, 1.82) is 0 Å². The quantitative estimate of drug-likeness (QED) is 0.706. The molecule has 31 heavy (non-hydrogen) atoms. The molecule has 0 aliphatic heterocycles. The molecule has 0 saturated heterocycles. The number of halogens is 3. The fraction of sp³-hybridized carbons (Fsp3) is 0.435. The first kappa shape index (κ1) is 22.0. The molecule has 0 radical (unpaired) electrons. The zero-order valence-corrected chi connectivity index (χ0v) is 18.0. The molecular weight excluding hydrogens is 425 g/mol. The van der Waals surface area contributed by atoms with Crippen LogP contribution in [0.25, 0.3) is 17.2 Å². The van der Waals surface area contributed by atoms with E-state index in [1.807, 2.05) is 18.2 Å². The maximum Gasteiger partial charge on any atom is 0.248 e. The predicted octanol–water partition coefficient (Wildman–Crippen LogP) is 4.89. The lowest BCUT2D eigenvalue weighted by Gasteiger charge is -2.33. The van der Waals surface area contributed by atoms with E-state index < -0.39 is 22.0 Å². The van der Waals surface area contributed by atoms with Crippen molar-refractivity contribution in [3.8, 4) is 11.1 Å². The molecular formula is C23H25F3N2O2S. The van der Waals surface area contributed by atoms with Crippen molar-refractivity contribution in [2.24, 2.45) is 17.8 Å². The van der Waals surface area contributed by atoms with E-state index in [1.54, 1.807) is 24.4 Å². The minimum absolute atomic E-state index is 0.0155. The summed E-state index contributed by atoms with van der Waals surface area (Å²) >= 11 is 0. The lowest BCUT2D eigenvalue weighted by molar-refractivity contribution is -0.0659. The van der Waals surface area contributed by atoms with Crippen molar-refractivity contribution >= 4 is 16.1 Å². The Morgan fingerprint density at radius 3 is 2.68 bits per heavy atom. The summed E-state index contributed by atoms with van der Waals surface area (Å²) < 4.78 is 67.5. The van der Waals surface area contributed by atoms with Crippen LogP contribution in [-0.2, 0) is 10.0 Å². The van der Waals surface area contributed by atoms with Gasteiger partial charge in [0.2, 0.25) is 15.9 Å². The van der Waals surface area contributed by atoms with Gasteiger partial charge < -0.3 is 0 Å². The summed E-state index contributed by atoms with van der Waals surface area (Å²) in [6, 6.07) is 9.49. The van der Waals surface area contributed by atoms with Crippen LogP contribution in [-0.4, -0.2) is 31.6 Å². The van der Waals surface area contributed by atoms with Gasteiger partial charge in [0.05, 0.1) is 11.9 Å². The third-order valence-corrected chi connectivity index (χ3v) is 7.06. The van der Waals surface area contributed by atoms with Crippen LogP contribution in [0.2, 0.25) is 0 Å². The van der Waals surface area contributed by atoms with Crippen LogP contribution in [0.5, 0.6) is 0 Å². The van der Waals surface area contributed by atoms with Gasteiger partial charge in [-0.1, -0.05) is 24.3 Å². The molecule has 2 aromatic rings. The van der Waals surface area contributed by atoms with Crippen LogP contribution in [0.3, 0.4) is 0 Å². The van der Waals surface area contributed by atoms with Gasteiger partial charge in [-0.15, -0.1) is 0 Å². The van der Waals surface area contributed by atoms with Crippen molar-refractivity contribution < 1.29 is 21.6 Å². The second-order valence-electron chi connectivity index (χ2n) is 8.67. The van der Waals surface area contributed by atoms with E-state index in [0.717, 1.165) is 17.4 Å². The highest BCUT2D eigenvalue weighted by Gasteiger charge is 2.50. The van der Waals surface area contributed by atoms with Gasteiger partial charge >= 0.3 is 0 Å². The largest absolute Gasteiger partial charge is 0.256 e. The highest BCUT2D eigenvalue weighted by molar-refractivity contribution is 7.88. The normalized spacial score (nSPS) is 28.0. The first-order valence-electron chi connectivity index (χ1n) is 10.3. The second-order valence-corrected chi connectivity index (χ2v) is 10.5. The molecule has 4 rings (SSSR count). The molecule has 2 saturated carbocycles. The Kier molecular flexibility index (Phi) is 5.96. The Balaban J connectivity index is 1.53. The van der Waals surface area contributed by atoms with E-state index in [2.05, 4.69) is 9.71 Å². The first-order valence-corrected chi connectivity index (χ1v) is 12.2. The second kappa shape index (κ2) is 8.39. The Hall–Kier alpha value is -2.19. The molecule has 1 aromatic heterocycles. The summed E-state index contributed by atoms with van der Waals surface area (Å²) in [4.78, 5) is 4.40. The average Bonchev–Trinajstić information content (AvgIpc) is 2.99. The van der Waals surface area contributed by atoms with Crippen LogP contribution in [0.4, 0.5) is 13.2 Å². The highest BCUT2D eigenvalue weighted by Crippen LogP contribution is 2.51. The van der Waals surface area contributed by atoms with Crippen molar-refractivity contribution in [3.05, 3.63) is 60.2 Å². The molecule has 0 spiro atoms. The minimum atomic E-state index is -3.45. The monoisotopic (exact) mass is 450 g/mol. The van der Waals surface area contributed by atoms with Crippen LogP contribution in [0.15, 0.2) is 48.7 Å². The molecule has 1 aromatic carbocycles. The lowest BCUT2D eigenvalue weighted by atomic mass is 9.76. The van der Waals surface area contributed by atoms with E-state index >= 15 is 0 Å². The molecule has 0 bridgehead atoms. The number of benzene rings is 1. The topological polar surface area (TPSA) is 59.1 Å². The summed E-state index contributed by atoms with van der Waals surface area (Å²) in [5.74, 6) is -3.35. The van der Waals surface area contributed by atoms with Crippen LogP contribution >= 0.6 is 0 Å². The molecule has 0 unspecified atom stereocenters. The molecule has 2 aliphatic carbocycles. The van der Waals surface area contributed by atoms with Gasteiger partial charge in [-0.05, 0) is 60.4 Å². The highest BCUT2D eigenvalue weighted by atomic mass is 32.2. The molecule has 2 fully saturated rings. The summed E-state index contributed by atoms with van der Waals surface area (Å²) in [5.41, 5.74) is 2.17. The van der Waals surface area contributed by atoms with Crippen molar-refractivity contribution in [3.63, 3.8) is 0 Å². The number of sulfonamides is 1. The molecule has 166 valence electrons. The maximum atomic E-state index is 13.9. The molecule has 4 atom stereocenters. The lowest BCUT2D eigenvalue weighted by Crippen LogP contribution is -2.37. The van der Waals surface area contributed by atoms with Crippen LogP contribution in [0.1, 0.15) is 31.4 Å². The van der Waals surface area contributed by atoms with Crippen LogP contribution in [0, 0.1) is 23.6 Å². The van der Waals surface area contributed by atoms with Crippen molar-refractivity contribution in [2.45, 2.75) is 37.6 Å². The van der Waals surface area contributed by atoms with E-state index in [4.69, 9.17) is 0 Å². The Morgan fingerprint density at radius 2 is 2.00 bits per heavy atom. The predicted molar refractivity (Wildman–Crippen MR) is 114 cm³/mol. The Bertz CT molecular complexity index is 1070.